The van der Waals surface area contributed by atoms with E-state index in [9.17, 15) is 14.0 Å². The van der Waals surface area contributed by atoms with Crippen LogP contribution in [0.5, 0.6) is 0 Å². The average Bonchev–Trinajstić information content (AvgIpc) is 3.11. The minimum atomic E-state index is -0.479. The van der Waals surface area contributed by atoms with Crippen LogP contribution in [0, 0.1) is 5.82 Å². The fourth-order valence-corrected chi connectivity index (χ4v) is 2.43. The summed E-state index contributed by atoms with van der Waals surface area (Å²) in [6.45, 7) is 1.58. The second-order valence-electron chi connectivity index (χ2n) is 5.17. The van der Waals surface area contributed by atoms with Crippen molar-refractivity contribution in [3.63, 3.8) is 0 Å². The van der Waals surface area contributed by atoms with Crippen LogP contribution in [0.1, 0.15) is 10.6 Å². The van der Waals surface area contributed by atoms with E-state index >= 15 is 0 Å². The molecule has 120 valence electrons. The van der Waals surface area contributed by atoms with Gasteiger partial charge in [0.15, 0.2) is 5.76 Å². The molecule has 3 rings (SSSR count). The van der Waals surface area contributed by atoms with Gasteiger partial charge in [0.25, 0.3) is 5.91 Å². The third-order valence-corrected chi connectivity index (χ3v) is 3.70. The van der Waals surface area contributed by atoms with Crippen molar-refractivity contribution in [3.05, 3.63) is 54.2 Å². The highest BCUT2D eigenvalue weighted by Gasteiger charge is 2.26. The zero-order chi connectivity index (χ0) is 16.2. The van der Waals surface area contributed by atoms with Gasteiger partial charge in [0.05, 0.1) is 12.0 Å². The van der Waals surface area contributed by atoms with Crippen LogP contribution in [0.3, 0.4) is 0 Å². The molecule has 1 N–H and O–H groups in total. The van der Waals surface area contributed by atoms with Crippen LogP contribution < -0.4 is 5.32 Å². The lowest BCUT2D eigenvalue weighted by molar-refractivity contribution is 0.0640. The number of hydrogen-bond acceptors (Lipinski definition) is 3. The van der Waals surface area contributed by atoms with Crippen LogP contribution in [0.25, 0.3) is 0 Å². The van der Waals surface area contributed by atoms with Crippen molar-refractivity contribution in [2.75, 3.05) is 31.5 Å². The summed E-state index contributed by atoms with van der Waals surface area (Å²) in [5, 5.41) is 2.54. The molecule has 1 aromatic carbocycles. The van der Waals surface area contributed by atoms with Gasteiger partial charge in [0.2, 0.25) is 0 Å². The Kier molecular flexibility index (Phi) is 4.27. The van der Waals surface area contributed by atoms with E-state index in [1.807, 2.05) is 0 Å². The molecule has 1 aromatic heterocycles. The third kappa shape index (κ3) is 3.33. The lowest BCUT2D eigenvalue weighted by Crippen LogP contribution is -2.51. The van der Waals surface area contributed by atoms with E-state index < -0.39 is 5.82 Å². The highest BCUT2D eigenvalue weighted by atomic mass is 19.1. The molecule has 1 aliphatic heterocycles. The van der Waals surface area contributed by atoms with E-state index in [-0.39, 0.29) is 23.4 Å². The number of rotatable bonds is 2. The molecule has 2 aromatic rings. The predicted octanol–water partition coefficient (Wildman–Crippen LogP) is 2.41. The van der Waals surface area contributed by atoms with Crippen LogP contribution in [0.15, 0.2) is 47.1 Å². The van der Waals surface area contributed by atoms with Gasteiger partial charge in [-0.05, 0) is 24.3 Å². The van der Waals surface area contributed by atoms with Crippen molar-refractivity contribution in [1.29, 1.82) is 0 Å². The quantitative estimate of drug-likeness (QED) is 0.925. The minimum absolute atomic E-state index is 0.145. The second-order valence-corrected chi connectivity index (χ2v) is 5.17. The van der Waals surface area contributed by atoms with Gasteiger partial charge in [-0.1, -0.05) is 12.1 Å². The molecule has 0 radical (unpaired) electrons. The Bertz CT molecular complexity index is 694. The number of nitrogens with zero attached hydrogens (tertiary/aromatic N) is 2. The molecular weight excluding hydrogens is 301 g/mol. The summed E-state index contributed by atoms with van der Waals surface area (Å²) in [5.41, 5.74) is 0.145. The molecule has 3 amide bonds. The first-order valence-electron chi connectivity index (χ1n) is 7.28. The van der Waals surface area contributed by atoms with E-state index in [1.165, 1.54) is 18.4 Å². The standard InChI is InChI=1S/C16H16FN3O3/c17-12-4-1-2-5-13(12)18-16(22)20-9-7-19(8-10-20)15(21)14-6-3-11-23-14/h1-6,11H,7-10H2,(H,18,22). The number of nitrogens with one attached hydrogen (secondary N) is 1. The van der Waals surface area contributed by atoms with Gasteiger partial charge >= 0.3 is 6.03 Å². The summed E-state index contributed by atoms with van der Waals surface area (Å²) in [4.78, 5) is 27.5. The number of carbonyl (C=O) groups excluding carboxylic acids is 2. The predicted molar refractivity (Wildman–Crippen MR) is 81.6 cm³/mol. The molecule has 1 saturated heterocycles. The number of carbonyl (C=O) groups is 2. The van der Waals surface area contributed by atoms with Crippen LogP contribution in [0.4, 0.5) is 14.9 Å². The first-order chi connectivity index (χ1) is 11.1. The van der Waals surface area contributed by atoms with E-state index in [2.05, 4.69) is 5.32 Å². The average molecular weight is 317 g/mol. The lowest BCUT2D eigenvalue weighted by Gasteiger charge is -2.34. The second kappa shape index (κ2) is 6.51. The van der Waals surface area contributed by atoms with Crippen molar-refractivity contribution in [2.45, 2.75) is 0 Å². The molecule has 0 saturated carbocycles. The smallest absolute Gasteiger partial charge is 0.322 e. The first-order valence-corrected chi connectivity index (χ1v) is 7.28. The minimum Gasteiger partial charge on any atom is -0.459 e. The molecule has 1 aliphatic rings. The zero-order valence-corrected chi connectivity index (χ0v) is 12.4. The van der Waals surface area contributed by atoms with Gasteiger partial charge in [0, 0.05) is 26.2 Å². The summed E-state index contributed by atoms with van der Waals surface area (Å²) in [7, 11) is 0. The number of piperazine rings is 1. The maximum Gasteiger partial charge on any atom is 0.322 e. The van der Waals surface area contributed by atoms with Gasteiger partial charge in [-0.2, -0.15) is 0 Å². The molecule has 0 unspecified atom stereocenters. The lowest BCUT2D eigenvalue weighted by atomic mass is 10.3. The van der Waals surface area contributed by atoms with Crippen LogP contribution >= 0.6 is 0 Å². The summed E-state index contributed by atoms with van der Waals surface area (Å²) in [5.74, 6) is -0.383. The molecule has 7 heteroatoms. The Hall–Kier alpha value is -2.83. The van der Waals surface area contributed by atoms with E-state index in [4.69, 9.17) is 4.42 Å². The summed E-state index contributed by atoms with van der Waals surface area (Å²) in [6, 6.07) is 8.90. The molecule has 23 heavy (non-hydrogen) atoms. The van der Waals surface area contributed by atoms with Gasteiger partial charge in [-0.25, -0.2) is 9.18 Å². The van der Waals surface area contributed by atoms with Crippen LogP contribution in [0.2, 0.25) is 0 Å². The Morgan fingerprint density at radius 2 is 1.70 bits per heavy atom. The molecule has 0 spiro atoms. The van der Waals surface area contributed by atoms with E-state index in [0.717, 1.165) is 0 Å². The molecule has 0 aliphatic carbocycles. The van der Waals surface area contributed by atoms with Crippen molar-refractivity contribution >= 4 is 17.6 Å². The Labute approximate surface area is 132 Å². The van der Waals surface area contributed by atoms with Crippen LogP contribution in [-0.4, -0.2) is 47.9 Å². The Morgan fingerprint density at radius 3 is 2.35 bits per heavy atom. The van der Waals surface area contributed by atoms with E-state index in [0.29, 0.717) is 26.2 Å². The molecular formula is C16H16FN3O3. The van der Waals surface area contributed by atoms with Crippen molar-refractivity contribution in [1.82, 2.24) is 9.80 Å². The molecule has 6 nitrogen and oxygen atoms in total. The summed E-state index contributed by atoms with van der Waals surface area (Å²) < 4.78 is 18.6. The van der Waals surface area contributed by atoms with Crippen molar-refractivity contribution in [2.24, 2.45) is 0 Å². The highest BCUT2D eigenvalue weighted by molar-refractivity contribution is 5.92. The third-order valence-electron chi connectivity index (χ3n) is 3.70. The van der Waals surface area contributed by atoms with Gasteiger partial charge in [0.1, 0.15) is 5.82 Å². The fourth-order valence-electron chi connectivity index (χ4n) is 2.43. The monoisotopic (exact) mass is 317 g/mol. The number of furan rings is 1. The topological polar surface area (TPSA) is 65.8 Å². The Balaban J connectivity index is 1.55. The normalized spacial score (nSPS) is 14.7. The number of halogens is 1. The number of urea groups is 1. The van der Waals surface area contributed by atoms with E-state index in [1.54, 1.807) is 34.1 Å². The first kappa shape index (κ1) is 15.1. The SMILES string of the molecule is O=C(Nc1ccccc1F)N1CCN(C(=O)c2ccco2)CC1. The van der Waals surface area contributed by atoms with Crippen molar-refractivity contribution in [3.8, 4) is 0 Å². The zero-order valence-electron chi connectivity index (χ0n) is 12.4. The number of amides is 3. The Morgan fingerprint density at radius 1 is 1.00 bits per heavy atom. The number of para-hydroxylation sites is 1. The number of benzene rings is 1. The van der Waals surface area contributed by atoms with Gasteiger partial charge in [-0.15, -0.1) is 0 Å². The molecule has 0 bridgehead atoms. The summed E-state index contributed by atoms with van der Waals surface area (Å²) in [6.07, 6.45) is 1.45. The van der Waals surface area contributed by atoms with Gasteiger partial charge < -0.3 is 19.5 Å². The molecule has 2 heterocycles. The fraction of sp³-hybridized carbons (Fsp3) is 0.250. The largest absolute Gasteiger partial charge is 0.459 e. The molecule has 1 fully saturated rings. The number of anilines is 1. The van der Waals surface area contributed by atoms with Crippen LogP contribution in [-0.2, 0) is 0 Å². The maximum atomic E-state index is 13.5. The summed E-state index contributed by atoms with van der Waals surface area (Å²) >= 11 is 0. The maximum absolute atomic E-state index is 13.5. The van der Waals surface area contributed by atoms with Gasteiger partial charge in [-0.3, -0.25) is 4.79 Å². The number of hydrogen-bond donors (Lipinski definition) is 1. The highest BCUT2D eigenvalue weighted by Crippen LogP contribution is 2.14. The molecule has 0 atom stereocenters. The van der Waals surface area contributed by atoms with Crippen molar-refractivity contribution < 1.29 is 18.4 Å².